The van der Waals surface area contributed by atoms with Gasteiger partial charge in [-0.25, -0.2) is 0 Å². The lowest BCUT2D eigenvalue weighted by molar-refractivity contribution is -0.113. The van der Waals surface area contributed by atoms with Gasteiger partial charge in [0.05, 0.1) is 24.2 Å². The summed E-state index contributed by atoms with van der Waals surface area (Å²) in [6, 6.07) is 3.75. The first-order chi connectivity index (χ1) is 11.1. The monoisotopic (exact) mass is 333 g/mol. The molecule has 0 saturated carbocycles. The Kier molecular flexibility index (Phi) is 5.10. The normalized spacial score (nSPS) is 24.6. The predicted octanol–water partition coefficient (Wildman–Crippen LogP) is 2.77. The van der Waals surface area contributed by atoms with E-state index in [0.717, 1.165) is 29.4 Å². The second kappa shape index (κ2) is 7.25. The fourth-order valence-corrected chi connectivity index (χ4v) is 3.04. The van der Waals surface area contributed by atoms with E-state index >= 15 is 0 Å². The molecule has 5 nitrogen and oxygen atoms in total. The summed E-state index contributed by atoms with van der Waals surface area (Å²) >= 11 is 5.99. The van der Waals surface area contributed by atoms with Crippen molar-refractivity contribution in [2.24, 2.45) is 5.92 Å². The third-order valence-electron chi connectivity index (χ3n) is 4.04. The summed E-state index contributed by atoms with van der Waals surface area (Å²) in [5.74, 6) is 0.00416. The molecule has 2 atom stereocenters. The lowest BCUT2D eigenvalue weighted by Crippen LogP contribution is -2.33. The van der Waals surface area contributed by atoms with Crippen molar-refractivity contribution in [1.29, 1.82) is 0 Å². The van der Waals surface area contributed by atoms with Crippen LogP contribution in [0, 0.1) is 5.92 Å². The maximum Gasteiger partial charge on any atom is 0.251 e. The molecule has 0 spiro atoms. The molecule has 1 amide bonds. The molecule has 2 N–H and O–H groups in total. The van der Waals surface area contributed by atoms with Gasteiger partial charge in [-0.15, -0.1) is 0 Å². The van der Waals surface area contributed by atoms with Crippen LogP contribution in [0.5, 0.6) is 0 Å². The second-order valence-electron chi connectivity index (χ2n) is 5.83. The molecule has 1 fully saturated rings. The van der Waals surface area contributed by atoms with Crippen LogP contribution in [-0.4, -0.2) is 30.6 Å². The zero-order valence-corrected chi connectivity index (χ0v) is 13.8. The zero-order valence-electron chi connectivity index (χ0n) is 13.0. The minimum absolute atomic E-state index is 0.0261. The van der Waals surface area contributed by atoms with Crippen molar-refractivity contribution in [3.05, 3.63) is 46.8 Å². The fraction of sp³-hybridized carbons (Fsp3) is 0.412. The van der Waals surface area contributed by atoms with E-state index in [2.05, 4.69) is 15.6 Å². The van der Waals surface area contributed by atoms with E-state index in [4.69, 9.17) is 16.3 Å². The number of hydrogen-bond donors (Lipinski definition) is 2. The minimum atomic E-state index is -0.108. The van der Waals surface area contributed by atoms with Crippen LogP contribution in [-0.2, 0) is 9.53 Å². The maximum atomic E-state index is 12.4. The summed E-state index contributed by atoms with van der Waals surface area (Å²) in [6.45, 7) is 4.31. The molecule has 0 bridgehead atoms. The van der Waals surface area contributed by atoms with Crippen LogP contribution in [0.15, 0.2) is 41.1 Å². The first-order valence-corrected chi connectivity index (χ1v) is 8.17. The number of rotatable bonds is 3. The first-order valence-electron chi connectivity index (χ1n) is 7.79. The van der Waals surface area contributed by atoms with Crippen molar-refractivity contribution in [2.45, 2.75) is 19.4 Å². The lowest BCUT2D eigenvalue weighted by atomic mass is 9.92. The maximum absolute atomic E-state index is 12.4. The first kappa shape index (κ1) is 16.2. The van der Waals surface area contributed by atoms with Gasteiger partial charge in [-0.05, 0) is 30.5 Å². The Morgan fingerprint density at radius 3 is 2.96 bits per heavy atom. The SMILES string of the molecule is CC1CC(Cl)=CC=C1C(=O)Nc1ccc([C@H]2CNCCO2)nc1. The van der Waals surface area contributed by atoms with Gasteiger partial charge in [0.1, 0.15) is 6.10 Å². The van der Waals surface area contributed by atoms with Crippen molar-refractivity contribution < 1.29 is 9.53 Å². The number of carbonyl (C=O) groups is 1. The van der Waals surface area contributed by atoms with E-state index in [0.29, 0.717) is 18.7 Å². The Bertz CT molecular complexity index is 634. The average molecular weight is 334 g/mol. The Morgan fingerprint density at radius 2 is 2.30 bits per heavy atom. The molecule has 1 unspecified atom stereocenters. The van der Waals surface area contributed by atoms with Gasteiger partial charge < -0.3 is 15.4 Å². The molecular weight excluding hydrogens is 314 g/mol. The Hall–Kier alpha value is -1.69. The molecule has 1 aliphatic carbocycles. The summed E-state index contributed by atoms with van der Waals surface area (Å²) in [5, 5.41) is 6.94. The van der Waals surface area contributed by atoms with E-state index in [1.807, 2.05) is 19.1 Å². The van der Waals surface area contributed by atoms with E-state index < -0.39 is 0 Å². The summed E-state index contributed by atoms with van der Waals surface area (Å²) in [5.41, 5.74) is 2.28. The van der Waals surface area contributed by atoms with Crippen molar-refractivity contribution in [3.63, 3.8) is 0 Å². The molecule has 2 heterocycles. The van der Waals surface area contributed by atoms with Crippen LogP contribution in [0.4, 0.5) is 5.69 Å². The average Bonchev–Trinajstić information content (AvgIpc) is 2.56. The number of nitrogens with zero attached hydrogens (tertiary/aromatic N) is 1. The quantitative estimate of drug-likeness (QED) is 0.892. The standard InChI is InChI=1S/C17H20ClN3O2/c1-11-8-12(18)2-4-14(11)17(22)21-13-3-5-15(20-9-13)16-10-19-6-7-23-16/h2-5,9,11,16,19H,6-8,10H2,1H3,(H,21,22)/t11?,16-/m1/s1. The molecule has 1 aromatic heterocycles. The molecule has 6 heteroatoms. The third kappa shape index (κ3) is 3.99. The van der Waals surface area contributed by atoms with Crippen LogP contribution < -0.4 is 10.6 Å². The van der Waals surface area contributed by atoms with Gasteiger partial charge in [0.2, 0.25) is 0 Å². The van der Waals surface area contributed by atoms with Crippen LogP contribution in [0.25, 0.3) is 0 Å². The highest BCUT2D eigenvalue weighted by Gasteiger charge is 2.21. The third-order valence-corrected chi connectivity index (χ3v) is 4.32. The number of pyridine rings is 1. The number of ether oxygens (including phenoxy) is 1. The van der Waals surface area contributed by atoms with Crippen LogP contribution in [0.3, 0.4) is 0 Å². The van der Waals surface area contributed by atoms with Gasteiger partial charge in [-0.3, -0.25) is 9.78 Å². The minimum Gasteiger partial charge on any atom is -0.369 e. The molecule has 1 aromatic rings. The number of nitrogens with one attached hydrogen (secondary N) is 2. The van der Waals surface area contributed by atoms with Gasteiger partial charge in [-0.2, -0.15) is 0 Å². The van der Waals surface area contributed by atoms with Gasteiger partial charge in [0, 0.05) is 23.7 Å². The van der Waals surface area contributed by atoms with Crippen molar-refractivity contribution >= 4 is 23.2 Å². The van der Waals surface area contributed by atoms with Crippen molar-refractivity contribution in [3.8, 4) is 0 Å². The highest BCUT2D eigenvalue weighted by Crippen LogP contribution is 2.28. The molecule has 2 aliphatic rings. The Morgan fingerprint density at radius 1 is 1.43 bits per heavy atom. The van der Waals surface area contributed by atoms with E-state index in [1.165, 1.54) is 0 Å². The molecule has 0 aromatic carbocycles. The van der Waals surface area contributed by atoms with Crippen LogP contribution in [0.1, 0.15) is 25.1 Å². The summed E-state index contributed by atoms with van der Waals surface area (Å²) in [6.07, 6.45) is 5.91. The number of halogens is 1. The van der Waals surface area contributed by atoms with Gasteiger partial charge >= 0.3 is 0 Å². The largest absolute Gasteiger partial charge is 0.369 e. The number of morpholine rings is 1. The Balaban J connectivity index is 1.65. The van der Waals surface area contributed by atoms with Gasteiger partial charge in [0.15, 0.2) is 0 Å². The summed E-state index contributed by atoms with van der Waals surface area (Å²) in [7, 11) is 0. The molecule has 1 saturated heterocycles. The smallest absolute Gasteiger partial charge is 0.251 e. The summed E-state index contributed by atoms with van der Waals surface area (Å²) in [4.78, 5) is 16.8. The predicted molar refractivity (Wildman–Crippen MR) is 90.2 cm³/mol. The van der Waals surface area contributed by atoms with Crippen LogP contribution in [0.2, 0.25) is 0 Å². The van der Waals surface area contributed by atoms with Crippen molar-refractivity contribution in [2.75, 3.05) is 25.0 Å². The highest BCUT2D eigenvalue weighted by atomic mass is 35.5. The highest BCUT2D eigenvalue weighted by molar-refractivity contribution is 6.30. The topological polar surface area (TPSA) is 63.2 Å². The van der Waals surface area contributed by atoms with E-state index in [1.54, 1.807) is 18.3 Å². The fourth-order valence-electron chi connectivity index (χ4n) is 2.74. The molecule has 1 aliphatic heterocycles. The zero-order chi connectivity index (χ0) is 16.2. The number of aromatic nitrogens is 1. The van der Waals surface area contributed by atoms with Crippen molar-refractivity contribution in [1.82, 2.24) is 10.3 Å². The van der Waals surface area contributed by atoms with Gasteiger partial charge in [0.25, 0.3) is 5.91 Å². The molecule has 23 heavy (non-hydrogen) atoms. The number of allylic oxidation sites excluding steroid dienone is 3. The van der Waals surface area contributed by atoms with E-state index in [9.17, 15) is 4.79 Å². The number of hydrogen-bond acceptors (Lipinski definition) is 4. The molecule has 0 radical (unpaired) electrons. The number of carbonyl (C=O) groups excluding carboxylic acids is 1. The Labute approximate surface area is 140 Å². The van der Waals surface area contributed by atoms with Crippen LogP contribution >= 0.6 is 11.6 Å². The van der Waals surface area contributed by atoms with E-state index in [-0.39, 0.29) is 17.9 Å². The number of amides is 1. The molecular formula is C17H20ClN3O2. The molecule has 3 rings (SSSR count). The number of anilines is 1. The lowest BCUT2D eigenvalue weighted by Gasteiger charge is -2.23. The van der Waals surface area contributed by atoms with Gasteiger partial charge in [-0.1, -0.05) is 24.6 Å². The summed E-state index contributed by atoms with van der Waals surface area (Å²) < 4.78 is 5.66. The molecule has 122 valence electrons. The second-order valence-corrected chi connectivity index (χ2v) is 6.32.